The molecule has 0 aromatic rings. The zero-order chi connectivity index (χ0) is 13.7. The van der Waals surface area contributed by atoms with Gasteiger partial charge in [0.15, 0.2) is 0 Å². The predicted octanol–water partition coefficient (Wildman–Crippen LogP) is 1.63. The van der Waals surface area contributed by atoms with Crippen molar-refractivity contribution < 1.29 is 9.47 Å². The van der Waals surface area contributed by atoms with Crippen LogP contribution in [0.1, 0.15) is 38.5 Å². The Bertz CT molecular complexity index is 259. The SMILES string of the molecule is COC1CCC(CN)(N(C)CC2CCOCC2)CC1. The van der Waals surface area contributed by atoms with Gasteiger partial charge in [0.25, 0.3) is 0 Å². The van der Waals surface area contributed by atoms with Gasteiger partial charge in [-0.15, -0.1) is 0 Å². The molecule has 0 aromatic heterocycles. The van der Waals surface area contributed by atoms with E-state index in [-0.39, 0.29) is 5.54 Å². The Morgan fingerprint density at radius 2 is 1.84 bits per heavy atom. The monoisotopic (exact) mass is 270 g/mol. The summed E-state index contributed by atoms with van der Waals surface area (Å²) in [7, 11) is 4.08. The average Bonchev–Trinajstić information content (AvgIpc) is 2.48. The van der Waals surface area contributed by atoms with E-state index in [9.17, 15) is 0 Å². The van der Waals surface area contributed by atoms with Gasteiger partial charge >= 0.3 is 0 Å². The molecule has 19 heavy (non-hydrogen) atoms. The van der Waals surface area contributed by atoms with Crippen LogP contribution in [0.15, 0.2) is 0 Å². The number of nitrogens with zero attached hydrogens (tertiary/aromatic N) is 1. The van der Waals surface area contributed by atoms with Gasteiger partial charge in [0, 0.05) is 39.0 Å². The average molecular weight is 270 g/mol. The molecular formula is C15H30N2O2. The van der Waals surface area contributed by atoms with Gasteiger partial charge in [0.05, 0.1) is 6.10 Å². The lowest BCUT2D eigenvalue weighted by Gasteiger charge is -2.47. The topological polar surface area (TPSA) is 47.7 Å². The third-order valence-corrected chi connectivity index (χ3v) is 5.26. The van der Waals surface area contributed by atoms with Crippen molar-refractivity contribution in [3.05, 3.63) is 0 Å². The highest BCUT2D eigenvalue weighted by molar-refractivity contribution is 4.95. The van der Waals surface area contributed by atoms with E-state index >= 15 is 0 Å². The van der Waals surface area contributed by atoms with Crippen LogP contribution in [0.5, 0.6) is 0 Å². The highest BCUT2D eigenvalue weighted by Gasteiger charge is 2.38. The Morgan fingerprint density at radius 3 is 2.37 bits per heavy atom. The second kappa shape index (κ2) is 7.02. The largest absolute Gasteiger partial charge is 0.381 e. The van der Waals surface area contributed by atoms with E-state index in [0.29, 0.717) is 6.10 Å². The molecule has 2 rings (SSSR count). The summed E-state index contributed by atoms with van der Waals surface area (Å²) in [5.74, 6) is 0.780. The lowest BCUT2D eigenvalue weighted by molar-refractivity contribution is -0.0126. The van der Waals surface area contributed by atoms with Crippen LogP contribution in [0.3, 0.4) is 0 Å². The summed E-state index contributed by atoms with van der Waals surface area (Å²) in [6.07, 6.45) is 7.47. The van der Waals surface area contributed by atoms with Crippen molar-refractivity contribution in [2.75, 3.05) is 40.5 Å². The van der Waals surface area contributed by atoms with Gasteiger partial charge in [0.1, 0.15) is 0 Å². The van der Waals surface area contributed by atoms with E-state index < -0.39 is 0 Å². The van der Waals surface area contributed by atoms with Crippen molar-refractivity contribution in [3.63, 3.8) is 0 Å². The lowest BCUT2D eigenvalue weighted by Crippen LogP contribution is -2.56. The summed E-state index contributed by atoms with van der Waals surface area (Å²) < 4.78 is 10.9. The van der Waals surface area contributed by atoms with Crippen LogP contribution in [0.4, 0.5) is 0 Å². The molecule has 1 heterocycles. The minimum absolute atomic E-state index is 0.202. The third-order valence-electron chi connectivity index (χ3n) is 5.26. The fourth-order valence-corrected chi connectivity index (χ4v) is 3.62. The quantitative estimate of drug-likeness (QED) is 0.825. The van der Waals surface area contributed by atoms with Crippen molar-refractivity contribution in [1.29, 1.82) is 0 Å². The standard InChI is InChI=1S/C15H30N2O2/c1-17(11-13-5-9-19-10-6-13)15(12-16)7-3-14(18-2)4-8-15/h13-14H,3-12,16H2,1-2H3. The van der Waals surface area contributed by atoms with Crippen molar-refractivity contribution in [2.24, 2.45) is 11.7 Å². The molecule has 112 valence electrons. The van der Waals surface area contributed by atoms with Crippen LogP contribution in [-0.2, 0) is 9.47 Å². The van der Waals surface area contributed by atoms with Crippen LogP contribution >= 0.6 is 0 Å². The number of ether oxygens (including phenoxy) is 2. The molecule has 1 saturated heterocycles. The maximum atomic E-state index is 6.12. The van der Waals surface area contributed by atoms with Crippen molar-refractivity contribution in [1.82, 2.24) is 4.90 Å². The van der Waals surface area contributed by atoms with Crippen LogP contribution in [0, 0.1) is 5.92 Å². The summed E-state index contributed by atoms with van der Waals surface area (Å²) in [6, 6.07) is 0. The van der Waals surface area contributed by atoms with Crippen LogP contribution in [-0.4, -0.2) is 57.0 Å². The zero-order valence-corrected chi connectivity index (χ0v) is 12.6. The number of rotatable bonds is 5. The molecule has 2 aliphatic rings. The molecular weight excluding hydrogens is 240 g/mol. The molecule has 0 radical (unpaired) electrons. The maximum absolute atomic E-state index is 6.12. The smallest absolute Gasteiger partial charge is 0.0572 e. The molecule has 1 aliphatic carbocycles. The molecule has 1 saturated carbocycles. The molecule has 4 heteroatoms. The molecule has 0 bridgehead atoms. The van der Waals surface area contributed by atoms with Crippen molar-refractivity contribution >= 4 is 0 Å². The van der Waals surface area contributed by atoms with E-state index in [1.807, 2.05) is 7.11 Å². The van der Waals surface area contributed by atoms with E-state index in [2.05, 4.69) is 11.9 Å². The minimum atomic E-state index is 0.202. The zero-order valence-electron chi connectivity index (χ0n) is 12.6. The van der Waals surface area contributed by atoms with E-state index in [4.69, 9.17) is 15.2 Å². The number of methoxy groups -OCH3 is 1. The van der Waals surface area contributed by atoms with Gasteiger partial charge in [-0.05, 0) is 51.5 Å². The number of hydrogen-bond donors (Lipinski definition) is 1. The molecule has 1 aliphatic heterocycles. The Hall–Kier alpha value is -0.160. The fourth-order valence-electron chi connectivity index (χ4n) is 3.62. The molecule has 0 aromatic carbocycles. The van der Waals surface area contributed by atoms with Gasteiger partial charge < -0.3 is 15.2 Å². The second-order valence-electron chi connectivity index (χ2n) is 6.30. The van der Waals surface area contributed by atoms with Gasteiger partial charge in [-0.25, -0.2) is 0 Å². The molecule has 2 N–H and O–H groups in total. The first kappa shape index (κ1) is 15.2. The molecule has 4 nitrogen and oxygen atoms in total. The number of hydrogen-bond acceptors (Lipinski definition) is 4. The first-order valence-corrected chi connectivity index (χ1v) is 7.72. The second-order valence-corrected chi connectivity index (χ2v) is 6.30. The first-order valence-electron chi connectivity index (χ1n) is 7.72. The first-order chi connectivity index (χ1) is 9.20. The number of likely N-dealkylation sites (N-methyl/N-ethyl adjacent to an activating group) is 1. The molecule has 0 amide bonds. The summed E-state index contributed by atoms with van der Waals surface area (Å²) in [5, 5.41) is 0. The molecule has 0 atom stereocenters. The van der Waals surface area contributed by atoms with Gasteiger partial charge in [-0.1, -0.05) is 0 Å². The van der Waals surface area contributed by atoms with E-state index in [0.717, 1.165) is 45.1 Å². The normalized spacial score (nSPS) is 33.8. The summed E-state index contributed by atoms with van der Waals surface area (Å²) in [5.41, 5.74) is 6.33. The van der Waals surface area contributed by atoms with Gasteiger partial charge in [0.2, 0.25) is 0 Å². The van der Waals surface area contributed by atoms with E-state index in [1.165, 1.54) is 25.7 Å². The van der Waals surface area contributed by atoms with Crippen LogP contribution < -0.4 is 5.73 Å². The number of nitrogens with two attached hydrogens (primary N) is 1. The Morgan fingerprint density at radius 1 is 1.21 bits per heavy atom. The van der Waals surface area contributed by atoms with Gasteiger partial charge in [-0.2, -0.15) is 0 Å². The van der Waals surface area contributed by atoms with Gasteiger partial charge in [-0.3, -0.25) is 4.90 Å². The summed E-state index contributed by atoms with van der Waals surface area (Å²) in [4.78, 5) is 2.54. The van der Waals surface area contributed by atoms with Crippen molar-refractivity contribution in [3.8, 4) is 0 Å². The lowest BCUT2D eigenvalue weighted by atomic mass is 9.78. The fraction of sp³-hybridized carbons (Fsp3) is 1.00. The predicted molar refractivity (Wildman–Crippen MR) is 77.2 cm³/mol. The third kappa shape index (κ3) is 3.69. The molecule has 0 unspecified atom stereocenters. The Balaban J connectivity index is 1.88. The Labute approximate surface area is 117 Å². The molecule has 0 spiro atoms. The highest BCUT2D eigenvalue weighted by atomic mass is 16.5. The summed E-state index contributed by atoms with van der Waals surface area (Å²) >= 11 is 0. The maximum Gasteiger partial charge on any atom is 0.0572 e. The Kier molecular flexibility index (Phi) is 5.63. The van der Waals surface area contributed by atoms with E-state index in [1.54, 1.807) is 0 Å². The summed E-state index contributed by atoms with van der Waals surface area (Å²) in [6.45, 7) is 3.79. The minimum Gasteiger partial charge on any atom is -0.381 e. The highest BCUT2D eigenvalue weighted by Crippen LogP contribution is 2.34. The molecule has 2 fully saturated rings. The van der Waals surface area contributed by atoms with Crippen molar-refractivity contribution in [2.45, 2.75) is 50.2 Å². The van der Waals surface area contributed by atoms with Crippen LogP contribution in [0.25, 0.3) is 0 Å². The van der Waals surface area contributed by atoms with Crippen LogP contribution in [0.2, 0.25) is 0 Å².